The fraction of sp³-hybridized carbons (Fsp3) is 0.231. The molecule has 2 N–H and O–H groups in total. The zero-order valence-electron chi connectivity index (χ0n) is 10.5. The monoisotopic (exact) mass is 276 g/mol. The fourth-order valence-electron chi connectivity index (χ4n) is 1.87. The molecule has 0 unspecified atom stereocenters. The van der Waals surface area contributed by atoms with E-state index in [-0.39, 0.29) is 30.2 Å². The van der Waals surface area contributed by atoms with Gasteiger partial charge in [0.15, 0.2) is 5.78 Å². The van der Waals surface area contributed by atoms with Crippen LogP contribution in [0.15, 0.2) is 24.3 Å². The molecule has 2 rings (SSSR count). The third-order valence-electron chi connectivity index (χ3n) is 2.83. The Hall–Kier alpha value is -2.70. The summed E-state index contributed by atoms with van der Waals surface area (Å²) in [7, 11) is 0. The van der Waals surface area contributed by atoms with Crippen LogP contribution in [0.3, 0.4) is 0 Å². The number of carbonyl (C=O) groups excluding carboxylic acids is 3. The number of carboxylic acid groups (broad SMARTS) is 1. The standard InChI is InChI=1S/C13H12N2O5/c16-10-5-11(17)15(7-10)9-3-1-8(2-4-9)13(20)14-6-12(18)19/h1-4H,5-7H2,(H,14,20)(H,18,19). The van der Waals surface area contributed by atoms with Crippen molar-refractivity contribution in [2.24, 2.45) is 0 Å². The third kappa shape index (κ3) is 3.00. The first-order chi connectivity index (χ1) is 9.47. The average Bonchev–Trinajstić information content (AvgIpc) is 2.75. The van der Waals surface area contributed by atoms with Gasteiger partial charge in [-0.15, -0.1) is 0 Å². The smallest absolute Gasteiger partial charge is 0.322 e. The molecule has 0 atom stereocenters. The van der Waals surface area contributed by atoms with E-state index >= 15 is 0 Å². The van der Waals surface area contributed by atoms with Gasteiger partial charge in [0.1, 0.15) is 6.54 Å². The molecule has 7 heteroatoms. The number of nitrogens with one attached hydrogen (secondary N) is 1. The summed E-state index contributed by atoms with van der Waals surface area (Å²) in [6.45, 7) is -0.414. The van der Waals surface area contributed by atoms with Crippen LogP contribution in [0.25, 0.3) is 0 Å². The molecule has 1 saturated heterocycles. The molecule has 1 aromatic carbocycles. The number of hydrogen-bond acceptors (Lipinski definition) is 4. The van der Waals surface area contributed by atoms with Crippen molar-refractivity contribution in [1.82, 2.24) is 5.32 Å². The summed E-state index contributed by atoms with van der Waals surface area (Å²) in [5.41, 5.74) is 0.823. The number of ketones is 1. The van der Waals surface area contributed by atoms with Gasteiger partial charge in [-0.1, -0.05) is 0 Å². The molecule has 0 radical (unpaired) electrons. The summed E-state index contributed by atoms with van der Waals surface area (Å²) in [4.78, 5) is 46.0. The summed E-state index contributed by atoms with van der Waals surface area (Å²) >= 11 is 0. The lowest BCUT2D eigenvalue weighted by atomic mass is 10.2. The highest BCUT2D eigenvalue weighted by atomic mass is 16.4. The van der Waals surface area contributed by atoms with Crippen LogP contribution in [0.5, 0.6) is 0 Å². The first kappa shape index (κ1) is 13.7. The molecular formula is C13H12N2O5. The molecule has 7 nitrogen and oxygen atoms in total. The van der Waals surface area contributed by atoms with Gasteiger partial charge in [0.2, 0.25) is 5.91 Å². The maximum atomic E-state index is 11.6. The second kappa shape index (κ2) is 5.52. The van der Waals surface area contributed by atoms with Gasteiger partial charge >= 0.3 is 5.97 Å². The minimum atomic E-state index is -1.13. The van der Waals surface area contributed by atoms with Crippen LogP contribution in [0.2, 0.25) is 0 Å². The second-order valence-electron chi connectivity index (χ2n) is 4.32. The average molecular weight is 276 g/mol. The van der Waals surface area contributed by atoms with Gasteiger partial charge in [-0.2, -0.15) is 0 Å². The Morgan fingerprint density at radius 2 is 1.85 bits per heavy atom. The largest absolute Gasteiger partial charge is 0.480 e. The molecule has 1 aromatic rings. The van der Waals surface area contributed by atoms with E-state index in [1.54, 1.807) is 12.1 Å². The number of benzene rings is 1. The molecule has 0 spiro atoms. The van der Waals surface area contributed by atoms with Crippen LogP contribution in [-0.4, -0.2) is 41.8 Å². The zero-order chi connectivity index (χ0) is 14.7. The number of hydrogen-bond donors (Lipinski definition) is 2. The van der Waals surface area contributed by atoms with Crippen molar-refractivity contribution in [3.63, 3.8) is 0 Å². The molecule has 1 heterocycles. The number of rotatable bonds is 4. The number of nitrogens with zero attached hydrogens (tertiary/aromatic N) is 1. The van der Waals surface area contributed by atoms with Crippen LogP contribution < -0.4 is 10.2 Å². The quantitative estimate of drug-likeness (QED) is 0.742. The molecule has 0 bridgehead atoms. The Morgan fingerprint density at radius 1 is 1.20 bits per heavy atom. The maximum absolute atomic E-state index is 11.6. The van der Waals surface area contributed by atoms with Crippen LogP contribution in [0.1, 0.15) is 16.8 Å². The zero-order valence-corrected chi connectivity index (χ0v) is 10.5. The topological polar surface area (TPSA) is 104 Å². The number of amides is 2. The molecule has 0 saturated carbocycles. The highest BCUT2D eigenvalue weighted by molar-refractivity contribution is 6.15. The Labute approximate surface area is 114 Å². The number of carboxylic acids is 1. The molecule has 1 fully saturated rings. The lowest BCUT2D eigenvalue weighted by molar-refractivity contribution is -0.135. The van der Waals surface area contributed by atoms with Crippen LogP contribution in [-0.2, 0) is 14.4 Å². The van der Waals surface area contributed by atoms with Crippen molar-refractivity contribution >= 4 is 29.3 Å². The van der Waals surface area contributed by atoms with E-state index in [4.69, 9.17) is 5.11 Å². The highest BCUT2D eigenvalue weighted by Gasteiger charge is 2.28. The van der Waals surface area contributed by atoms with Gasteiger partial charge in [-0.05, 0) is 24.3 Å². The normalized spacial score (nSPS) is 14.5. The van der Waals surface area contributed by atoms with E-state index in [1.165, 1.54) is 17.0 Å². The van der Waals surface area contributed by atoms with Crippen LogP contribution in [0, 0.1) is 0 Å². The summed E-state index contributed by atoms with van der Waals surface area (Å²) in [6, 6.07) is 6.05. The van der Waals surface area contributed by atoms with E-state index in [1.807, 2.05) is 0 Å². The van der Waals surface area contributed by atoms with Crippen molar-refractivity contribution in [2.75, 3.05) is 18.0 Å². The first-order valence-corrected chi connectivity index (χ1v) is 5.89. The minimum absolute atomic E-state index is 0.0450. The van der Waals surface area contributed by atoms with Gasteiger partial charge in [-0.25, -0.2) is 0 Å². The van der Waals surface area contributed by atoms with Gasteiger partial charge in [-0.3, -0.25) is 19.2 Å². The van der Waals surface area contributed by atoms with Crippen LogP contribution >= 0.6 is 0 Å². The van der Waals surface area contributed by atoms with Crippen molar-refractivity contribution in [2.45, 2.75) is 6.42 Å². The van der Waals surface area contributed by atoms with Crippen LogP contribution in [0.4, 0.5) is 5.69 Å². The lowest BCUT2D eigenvalue weighted by Gasteiger charge is -2.14. The molecule has 1 aliphatic rings. The summed E-state index contributed by atoms with van der Waals surface area (Å²) < 4.78 is 0. The molecular weight excluding hydrogens is 264 g/mol. The fourth-order valence-corrected chi connectivity index (χ4v) is 1.87. The maximum Gasteiger partial charge on any atom is 0.322 e. The molecule has 2 amide bonds. The van der Waals surface area contributed by atoms with E-state index in [9.17, 15) is 19.2 Å². The predicted molar refractivity (Wildman–Crippen MR) is 68.4 cm³/mol. The minimum Gasteiger partial charge on any atom is -0.480 e. The van der Waals surface area contributed by atoms with Crippen molar-refractivity contribution < 1.29 is 24.3 Å². The van der Waals surface area contributed by atoms with Gasteiger partial charge in [0, 0.05) is 11.3 Å². The lowest BCUT2D eigenvalue weighted by Crippen LogP contribution is -2.29. The summed E-state index contributed by atoms with van der Waals surface area (Å²) in [5.74, 6) is -2.05. The Morgan fingerprint density at radius 3 is 2.35 bits per heavy atom. The molecule has 104 valence electrons. The Bertz CT molecular complexity index is 579. The second-order valence-corrected chi connectivity index (χ2v) is 4.32. The van der Waals surface area contributed by atoms with Gasteiger partial charge in [0.25, 0.3) is 5.91 Å². The highest BCUT2D eigenvalue weighted by Crippen LogP contribution is 2.20. The molecule has 0 aliphatic carbocycles. The van der Waals surface area contributed by atoms with Gasteiger partial charge < -0.3 is 15.3 Å². The van der Waals surface area contributed by atoms with Crippen molar-refractivity contribution in [3.8, 4) is 0 Å². The van der Waals surface area contributed by atoms with Gasteiger partial charge in [0.05, 0.1) is 13.0 Å². The molecule has 1 aliphatic heterocycles. The third-order valence-corrected chi connectivity index (χ3v) is 2.83. The molecule has 0 aromatic heterocycles. The summed E-state index contributed by atoms with van der Waals surface area (Å²) in [5, 5.41) is 10.7. The SMILES string of the molecule is O=C(O)CNC(=O)c1ccc(N2CC(=O)CC2=O)cc1. The number of carbonyl (C=O) groups is 4. The van der Waals surface area contributed by atoms with E-state index in [2.05, 4.69) is 5.32 Å². The van der Waals surface area contributed by atoms with Crippen molar-refractivity contribution in [1.29, 1.82) is 0 Å². The Kier molecular flexibility index (Phi) is 3.79. The Balaban J connectivity index is 2.06. The van der Waals surface area contributed by atoms with E-state index in [0.717, 1.165) is 0 Å². The summed E-state index contributed by atoms with van der Waals surface area (Å²) in [6.07, 6.45) is -0.0964. The number of Topliss-reactive ketones (excluding diaryl/α,β-unsaturated/α-hetero) is 1. The van der Waals surface area contributed by atoms with E-state index < -0.39 is 18.4 Å². The van der Waals surface area contributed by atoms with Crippen molar-refractivity contribution in [3.05, 3.63) is 29.8 Å². The number of aliphatic carboxylic acids is 1. The molecule has 20 heavy (non-hydrogen) atoms. The van der Waals surface area contributed by atoms with E-state index in [0.29, 0.717) is 5.69 Å². The number of anilines is 1. The predicted octanol–water partition coefficient (Wildman–Crippen LogP) is -0.193. The first-order valence-electron chi connectivity index (χ1n) is 5.89.